The van der Waals surface area contributed by atoms with Crippen LogP contribution in [-0.4, -0.2) is 22.4 Å². The lowest BCUT2D eigenvalue weighted by atomic mass is 10.1. The lowest BCUT2D eigenvalue weighted by molar-refractivity contribution is 0.0951. The number of aryl methyl sites for hydroxylation is 1. The molecule has 100 valence electrons. The first-order chi connectivity index (χ1) is 9.06. The Labute approximate surface area is 120 Å². The molecule has 2 heterocycles. The molecule has 0 saturated heterocycles. The number of carbonyl (C=O) groups is 1. The van der Waals surface area contributed by atoms with Crippen LogP contribution < -0.4 is 5.32 Å². The molecule has 1 N–H and O–H groups in total. The first-order valence-electron chi connectivity index (χ1n) is 5.88. The molecule has 0 aliphatic heterocycles. The zero-order valence-corrected chi connectivity index (χ0v) is 12.3. The molecule has 4 nitrogen and oxygen atoms in total. The van der Waals surface area contributed by atoms with E-state index in [9.17, 15) is 4.79 Å². The zero-order chi connectivity index (χ0) is 13.8. The summed E-state index contributed by atoms with van der Waals surface area (Å²) in [6.07, 6.45) is 1.77. The molecular weight excluding hydrogens is 282 g/mol. The maximum absolute atomic E-state index is 12.0. The minimum absolute atomic E-state index is 0.143. The second-order valence-electron chi connectivity index (χ2n) is 4.30. The SMILES string of the molecule is Cc1cc(C(=O)NCC(C)c2nccs2)cc(Cl)n1. The quantitative estimate of drug-likeness (QED) is 0.882. The fourth-order valence-corrected chi connectivity index (χ4v) is 2.62. The van der Waals surface area contributed by atoms with Gasteiger partial charge in [0, 0.05) is 35.3 Å². The van der Waals surface area contributed by atoms with Gasteiger partial charge in [0.2, 0.25) is 0 Å². The van der Waals surface area contributed by atoms with Crippen molar-refractivity contribution in [2.75, 3.05) is 6.54 Å². The molecule has 0 fully saturated rings. The van der Waals surface area contributed by atoms with E-state index in [1.54, 1.807) is 36.6 Å². The van der Waals surface area contributed by atoms with Crippen LogP contribution in [0.4, 0.5) is 0 Å². The number of pyridine rings is 1. The third-order valence-electron chi connectivity index (χ3n) is 2.63. The summed E-state index contributed by atoms with van der Waals surface area (Å²) < 4.78 is 0. The van der Waals surface area contributed by atoms with Crippen LogP contribution in [0.3, 0.4) is 0 Å². The van der Waals surface area contributed by atoms with Crippen LogP contribution in [0.5, 0.6) is 0 Å². The van der Waals surface area contributed by atoms with E-state index in [0.717, 1.165) is 10.7 Å². The van der Waals surface area contributed by atoms with Gasteiger partial charge in [0.25, 0.3) is 5.91 Å². The Morgan fingerprint density at radius 2 is 2.32 bits per heavy atom. The van der Waals surface area contributed by atoms with Gasteiger partial charge in [-0.1, -0.05) is 18.5 Å². The third-order valence-corrected chi connectivity index (χ3v) is 3.83. The number of nitrogens with one attached hydrogen (secondary N) is 1. The molecule has 0 spiro atoms. The number of aromatic nitrogens is 2. The van der Waals surface area contributed by atoms with E-state index in [2.05, 4.69) is 15.3 Å². The van der Waals surface area contributed by atoms with Crippen LogP contribution in [0.2, 0.25) is 5.15 Å². The van der Waals surface area contributed by atoms with Crippen molar-refractivity contribution in [2.45, 2.75) is 19.8 Å². The average Bonchev–Trinajstić information content (AvgIpc) is 2.88. The van der Waals surface area contributed by atoms with Gasteiger partial charge in [-0.2, -0.15) is 0 Å². The Balaban J connectivity index is 1.98. The molecule has 1 amide bonds. The molecule has 1 atom stereocenters. The predicted molar refractivity (Wildman–Crippen MR) is 76.8 cm³/mol. The number of hydrogen-bond donors (Lipinski definition) is 1. The van der Waals surface area contributed by atoms with E-state index in [4.69, 9.17) is 11.6 Å². The molecule has 0 radical (unpaired) electrons. The number of thiazole rings is 1. The molecule has 2 aromatic rings. The van der Waals surface area contributed by atoms with Crippen molar-refractivity contribution in [3.8, 4) is 0 Å². The van der Waals surface area contributed by atoms with E-state index < -0.39 is 0 Å². The highest BCUT2D eigenvalue weighted by atomic mass is 35.5. The van der Waals surface area contributed by atoms with Gasteiger partial charge >= 0.3 is 0 Å². The second kappa shape index (κ2) is 6.12. The van der Waals surface area contributed by atoms with Gasteiger partial charge in [0.1, 0.15) is 5.15 Å². The van der Waals surface area contributed by atoms with Gasteiger partial charge in [0.05, 0.1) is 5.01 Å². The lowest BCUT2D eigenvalue weighted by Gasteiger charge is -2.10. The van der Waals surface area contributed by atoms with Crippen molar-refractivity contribution < 1.29 is 4.79 Å². The van der Waals surface area contributed by atoms with Crippen LogP contribution in [0.25, 0.3) is 0 Å². The molecule has 0 aromatic carbocycles. The summed E-state index contributed by atoms with van der Waals surface area (Å²) in [5.74, 6) is 0.0539. The molecule has 1 unspecified atom stereocenters. The average molecular weight is 296 g/mol. The Bertz CT molecular complexity index is 551. The standard InChI is InChI=1S/C13H14ClN3OS/c1-8(13-15-3-4-19-13)7-16-12(18)10-5-9(2)17-11(14)6-10/h3-6,8H,7H2,1-2H3,(H,16,18). The fraction of sp³-hybridized carbons (Fsp3) is 0.308. The highest BCUT2D eigenvalue weighted by Gasteiger charge is 2.12. The number of amides is 1. The van der Waals surface area contributed by atoms with Crippen LogP contribution in [0.1, 0.15) is 33.9 Å². The molecule has 0 saturated carbocycles. The normalized spacial score (nSPS) is 12.2. The maximum Gasteiger partial charge on any atom is 0.251 e. The van der Waals surface area contributed by atoms with Crippen LogP contribution >= 0.6 is 22.9 Å². The third kappa shape index (κ3) is 3.75. The van der Waals surface area contributed by atoms with Crippen molar-refractivity contribution in [3.63, 3.8) is 0 Å². The second-order valence-corrected chi connectivity index (χ2v) is 5.61. The molecule has 0 aliphatic carbocycles. The summed E-state index contributed by atoms with van der Waals surface area (Å²) in [5.41, 5.74) is 1.26. The minimum Gasteiger partial charge on any atom is -0.351 e. The van der Waals surface area contributed by atoms with Crippen LogP contribution in [0.15, 0.2) is 23.7 Å². The van der Waals surface area contributed by atoms with Crippen molar-refractivity contribution >= 4 is 28.8 Å². The van der Waals surface area contributed by atoms with E-state index in [1.165, 1.54) is 0 Å². The monoisotopic (exact) mass is 295 g/mol. The topological polar surface area (TPSA) is 54.9 Å². The summed E-state index contributed by atoms with van der Waals surface area (Å²) in [6.45, 7) is 4.39. The number of halogens is 1. The fourth-order valence-electron chi connectivity index (χ4n) is 1.67. The van der Waals surface area contributed by atoms with Gasteiger partial charge in [-0.15, -0.1) is 11.3 Å². The smallest absolute Gasteiger partial charge is 0.251 e. The van der Waals surface area contributed by atoms with Gasteiger partial charge in [-0.05, 0) is 19.1 Å². The molecule has 0 aliphatic rings. The van der Waals surface area contributed by atoms with Gasteiger partial charge in [-0.3, -0.25) is 4.79 Å². The number of hydrogen-bond acceptors (Lipinski definition) is 4. The summed E-state index contributed by atoms with van der Waals surface area (Å²) in [6, 6.07) is 3.28. The lowest BCUT2D eigenvalue weighted by Crippen LogP contribution is -2.27. The van der Waals surface area contributed by atoms with Gasteiger partial charge in [-0.25, -0.2) is 9.97 Å². The van der Waals surface area contributed by atoms with E-state index in [1.807, 2.05) is 12.3 Å². The molecule has 19 heavy (non-hydrogen) atoms. The molecule has 0 bridgehead atoms. The Hall–Kier alpha value is -1.46. The summed E-state index contributed by atoms with van der Waals surface area (Å²) in [5, 5.41) is 6.16. The van der Waals surface area contributed by atoms with Gasteiger partial charge < -0.3 is 5.32 Å². The van der Waals surface area contributed by atoms with E-state index in [-0.39, 0.29) is 11.8 Å². The predicted octanol–water partition coefficient (Wildman–Crippen LogP) is 3.03. The Morgan fingerprint density at radius 3 is 2.95 bits per heavy atom. The molecule has 2 aromatic heterocycles. The van der Waals surface area contributed by atoms with Crippen molar-refractivity contribution in [1.82, 2.24) is 15.3 Å². The van der Waals surface area contributed by atoms with Gasteiger partial charge in [0.15, 0.2) is 0 Å². The highest BCUT2D eigenvalue weighted by molar-refractivity contribution is 7.09. The van der Waals surface area contributed by atoms with Crippen molar-refractivity contribution in [2.24, 2.45) is 0 Å². The zero-order valence-electron chi connectivity index (χ0n) is 10.7. The first kappa shape index (κ1) is 14.0. The Morgan fingerprint density at radius 1 is 1.53 bits per heavy atom. The number of carbonyl (C=O) groups excluding carboxylic acids is 1. The van der Waals surface area contributed by atoms with E-state index in [0.29, 0.717) is 17.3 Å². The minimum atomic E-state index is -0.143. The van der Waals surface area contributed by atoms with Crippen LogP contribution in [-0.2, 0) is 0 Å². The largest absolute Gasteiger partial charge is 0.351 e. The summed E-state index contributed by atoms with van der Waals surface area (Å²) in [4.78, 5) is 20.3. The summed E-state index contributed by atoms with van der Waals surface area (Å²) >= 11 is 7.43. The molecule has 6 heteroatoms. The summed E-state index contributed by atoms with van der Waals surface area (Å²) in [7, 11) is 0. The van der Waals surface area contributed by atoms with Crippen LogP contribution in [0, 0.1) is 6.92 Å². The molecule has 2 rings (SSSR count). The number of nitrogens with zero attached hydrogens (tertiary/aromatic N) is 2. The first-order valence-corrected chi connectivity index (χ1v) is 7.14. The Kier molecular flexibility index (Phi) is 4.50. The highest BCUT2D eigenvalue weighted by Crippen LogP contribution is 2.17. The number of rotatable bonds is 4. The van der Waals surface area contributed by atoms with E-state index >= 15 is 0 Å². The van der Waals surface area contributed by atoms with Crippen molar-refractivity contribution in [3.05, 3.63) is 45.1 Å². The maximum atomic E-state index is 12.0. The van der Waals surface area contributed by atoms with Crippen molar-refractivity contribution in [1.29, 1.82) is 0 Å². The molecular formula is C13H14ClN3OS.